The fourth-order valence-electron chi connectivity index (χ4n) is 1.53. The smallest absolute Gasteiger partial charge is 0.310 e. The molecular formula is C7H12O4S. The van der Waals surface area contributed by atoms with Gasteiger partial charge in [-0.15, -0.1) is 0 Å². The summed E-state index contributed by atoms with van der Waals surface area (Å²) >= 11 is 0. The van der Waals surface area contributed by atoms with E-state index in [1.807, 2.05) is 0 Å². The first-order valence-electron chi connectivity index (χ1n) is 3.77. The van der Waals surface area contributed by atoms with E-state index in [4.69, 9.17) is 5.11 Å². The molecule has 1 aliphatic rings. The van der Waals surface area contributed by atoms with Crippen molar-refractivity contribution in [2.45, 2.75) is 19.3 Å². The molecule has 0 spiro atoms. The predicted molar refractivity (Wildman–Crippen MR) is 43.6 cm³/mol. The summed E-state index contributed by atoms with van der Waals surface area (Å²) in [4.78, 5) is 10.7. The molecule has 0 radical (unpaired) electrons. The first-order valence-corrected chi connectivity index (χ1v) is 5.83. The normalized spacial score (nSPS) is 21.4. The molecule has 1 rings (SSSR count). The average molecular weight is 192 g/mol. The molecule has 1 fully saturated rings. The molecule has 0 aromatic rings. The number of carboxylic acid groups (broad SMARTS) is 1. The maximum Gasteiger partial charge on any atom is 0.310 e. The summed E-state index contributed by atoms with van der Waals surface area (Å²) in [5.74, 6) is -1.19. The number of hydrogen-bond donors (Lipinski definition) is 1. The van der Waals surface area contributed by atoms with Gasteiger partial charge in [0.05, 0.1) is 11.2 Å². The zero-order valence-electron chi connectivity index (χ0n) is 6.91. The number of hydrogen-bond acceptors (Lipinski definition) is 3. The van der Waals surface area contributed by atoms with E-state index in [-0.39, 0.29) is 5.75 Å². The van der Waals surface area contributed by atoms with Crippen molar-refractivity contribution >= 4 is 15.8 Å². The second-order valence-corrected chi connectivity index (χ2v) is 5.65. The molecule has 0 aromatic carbocycles. The number of carboxylic acids is 1. The Morgan fingerprint density at radius 1 is 1.50 bits per heavy atom. The predicted octanol–water partition coefficient (Wildman–Crippen LogP) is 0.286. The fraction of sp³-hybridized carbons (Fsp3) is 0.857. The molecule has 5 heteroatoms. The van der Waals surface area contributed by atoms with E-state index >= 15 is 0 Å². The van der Waals surface area contributed by atoms with Gasteiger partial charge in [-0.3, -0.25) is 4.79 Å². The lowest BCUT2D eigenvalue weighted by Crippen LogP contribution is -2.43. The highest BCUT2D eigenvalue weighted by Gasteiger charge is 2.46. The Balaban J connectivity index is 2.76. The number of rotatable bonds is 3. The van der Waals surface area contributed by atoms with Gasteiger partial charge in [-0.2, -0.15) is 0 Å². The van der Waals surface area contributed by atoms with E-state index in [0.717, 1.165) is 12.7 Å². The van der Waals surface area contributed by atoms with E-state index in [1.165, 1.54) is 0 Å². The van der Waals surface area contributed by atoms with Gasteiger partial charge in [-0.05, 0) is 12.8 Å². The first-order chi connectivity index (χ1) is 5.36. The standard InChI is InChI=1S/C7H12O4S/c1-12(10,11)5-7(6(8)9)3-2-4-7/h2-5H2,1H3,(H,8,9). The van der Waals surface area contributed by atoms with Crippen molar-refractivity contribution in [2.24, 2.45) is 5.41 Å². The Morgan fingerprint density at radius 3 is 2.08 bits per heavy atom. The minimum atomic E-state index is -3.17. The summed E-state index contributed by atoms with van der Waals surface area (Å²) in [6.07, 6.45) is 2.89. The summed E-state index contributed by atoms with van der Waals surface area (Å²) in [5.41, 5.74) is -0.965. The summed E-state index contributed by atoms with van der Waals surface area (Å²) in [7, 11) is -3.17. The second kappa shape index (κ2) is 2.73. The number of carbonyl (C=O) groups is 1. The Morgan fingerprint density at radius 2 is 2.00 bits per heavy atom. The second-order valence-electron chi connectivity index (χ2n) is 3.51. The highest BCUT2D eigenvalue weighted by Crippen LogP contribution is 2.42. The van der Waals surface area contributed by atoms with Crippen LogP contribution in [0.15, 0.2) is 0 Å². The number of sulfone groups is 1. The average Bonchev–Trinajstić information content (AvgIpc) is 1.75. The van der Waals surface area contributed by atoms with Crippen molar-refractivity contribution in [1.29, 1.82) is 0 Å². The van der Waals surface area contributed by atoms with Crippen LogP contribution in [0.25, 0.3) is 0 Å². The van der Waals surface area contributed by atoms with Gasteiger partial charge in [-0.1, -0.05) is 6.42 Å². The summed E-state index contributed by atoms with van der Waals surface area (Å²) in [6.45, 7) is 0. The Hall–Kier alpha value is -0.580. The van der Waals surface area contributed by atoms with Gasteiger partial charge in [0.1, 0.15) is 9.84 Å². The van der Waals surface area contributed by atoms with Gasteiger partial charge in [0, 0.05) is 6.26 Å². The Bertz CT molecular complexity index is 287. The third kappa shape index (κ3) is 1.77. The van der Waals surface area contributed by atoms with Crippen LogP contribution in [0.4, 0.5) is 0 Å². The molecule has 0 bridgehead atoms. The van der Waals surface area contributed by atoms with E-state index in [0.29, 0.717) is 12.8 Å². The fourth-order valence-corrected chi connectivity index (χ4v) is 2.94. The maximum atomic E-state index is 10.9. The minimum Gasteiger partial charge on any atom is -0.481 e. The minimum absolute atomic E-state index is 0.213. The van der Waals surface area contributed by atoms with E-state index in [9.17, 15) is 13.2 Å². The van der Waals surface area contributed by atoms with E-state index in [2.05, 4.69) is 0 Å². The lowest BCUT2D eigenvalue weighted by atomic mass is 9.70. The molecule has 0 aliphatic heterocycles. The lowest BCUT2D eigenvalue weighted by Gasteiger charge is -2.36. The molecule has 70 valence electrons. The largest absolute Gasteiger partial charge is 0.481 e. The van der Waals surface area contributed by atoms with Crippen LogP contribution in [0, 0.1) is 5.41 Å². The van der Waals surface area contributed by atoms with Gasteiger partial charge in [-0.25, -0.2) is 8.42 Å². The van der Waals surface area contributed by atoms with Crippen LogP contribution in [0.2, 0.25) is 0 Å². The van der Waals surface area contributed by atoms with Crippen molar-refractivity contribution in [1.82, 2.24) is 0 Å². The molecule has 1 N–H and O–H groups in total. The quantitative estimate of drug-likeness (QED) is 0.697. The van der Waals surface area contributed by atoms with Crippen LogP contribution < -0.4 is 0 Å². The highest BCUT2D eigenvalue weighted by molar-refractivity contribution is 7.90. The van der Waals surface area contributed by atoms with Crippen LogP contribution in [0.1, 0.15) is 19.3 Å². The summed E-state index contributed by atoms with van der Waals surface area (Å²) in [6, 6.07) is 0. The van der Waals surface area contributed by atoms with Crippen LogP contribution in [0.5, 0.6) is 0 Å². The molecule has 0 unspecified atom stereocenters. The molecule has 1 saturated carbocycles. The highest BCUT2D eigenvalue weighted by atomic mass is 32.2. The molecule has 0 heterocycles. The van der Waals surface area contributed by atoms with Crippen LogP contribution in [0.3, 0.4) is 0 Å². The summed E-state index contributed by atoms with van der Waals surface area (Å²) in [5, 5.41) is 8.78. The van der Waals surface area contributed by atoms with Crippen LogP contribution >= 0.6 is 0 Å². The number of aliphatic carboxylic acids is 1. The van der Waals surface area contributed by atoms with Crippen molar-refractivity contribution < 1.29 is 18.3 Å². The third-order valence-corrected chi connectivity index (χ3v) is 3.38. The molecule has 0 atom stereocenters. The topological polar surface area (TPSA) is 71.4 Å². The van der Waals surface area contributed by atoms with Crippen molar-refractivity contribution in [3.8, 4) is 0 Å². The maximum absolute atomic E-state index is 10.9. The molecule has 0 saturated heterocycles. The molecule has 4 nitrogen and oxygen atoms in total. The molecular weight excluding hydrogens is 180 g/mol. The van der Waals surface area contributed by atoms with Gasteiger partial charge in [0.15, 0.2) is 0 Å². The van der Waals surface area contributed by atoms with E-state index < -0.39 is 21.2 Å². The molecule has 0 aromatic heterocycles. The van der Waals surface area contributed by atoms with Gasteiger partial charge < -0.3 is 5.11 Å². The molecule has 12 heavy (non-hydrogen) atoms. The zero-order valence-corrected chi connectivity index (χ0v) is 7.73. The Kier molecular flexibility index (Phi) is 2.16. The third-order valence-electron chi connectivity index (χ3n) is 2.30. The zero-order chi connectivity index (χ0) is 9.41. The van der Waals surface area contributed by atoms with Crippen LogP contribution in [-0.2, 0) is 14.6 Å². The van der Waals surface area contributed by atoms with Crippen LogP contribution in [-0.4, -0.2) is 31.5 Å². The SMILES string of the molecule is CS(=O)(=O)CC1(C(=O)O)CCC1. The lowest BCUT2D eigenvalue weighted by molar-refractivity contribution is -0.152. The summed E-state index contributed by atoms with van der Waals surface area (Å²) < 4.78 is 21.8. The van der Waals surface area contributed by atoms with Crippen molar-refractivity contribution in [3.05, 3.63) is 0 Å². The van der Waals surface area contributed by atoms with Crippen molar-refractivity contribution in [3.63, 3.8) is 0 Å². The monoisotopic (exact) mass is 192 g/mol. The van der Waals surface area contributed by atoms with Gasteiger partial charge >= 0.3 is 5.97 Å². The first kappa shape index (κ1) is 9.51. The van der Waals surface area contributed by atoms with Crippen molar-refractivity contribution in [2.75, 3.05) is 12.0 Å². The van der Waals surface area contributed by atoms with Gasteiger partial charge in [0.25, 0.3) is 0 Å². The van der Waals surface area contributed by atoms with E-state index in [1.54, 1.807) is 0 Å². The molecule has 1 aliphatic carbocycles. The molecule has 0 amide bonds. The Labute approximate surface area is 71.5 Å². The van der Waals surface area contributed by atoms with Gasteiger partial charge in [0.2, 0.25) is 0 Å².